The first-order valence-corrected chi connectivity index (χ1v) is 10.8. The fourth-order valence-electron chi connectivity index (χ4n) is 2.62. The van der Waals surface area contributed by atoms with Gasteiger partial charge in [0.05, 0.1) is 27.9 Å². The molecule has 0 spiro atoms. The van der Waals surface area contributed by atoms with Crippen LogP contribution in [0.4, 0.5) is 11.4 Å². The molecule has 0 bridgehead atoms. The van der Waals surface area contributed by atoms with Gasteiger partial charge in [0.1, 0.15) is 6.54 Å². The van der Waals surface area contributed by atoms with Crippen LogP contribution >= 0.6 is 11.6 Å². The van der Waals surface area contributed by atoms with Gasteiger partial charge in [-0.25, -0.2) is 13.8 Å². The second kappa shape index (κ2) is 9.98. The van der Waals surface area contributed by atoms with E-state index in [0.717, 1.165) is 10.5 Å². The zero-order valence-corrected chi connectivity index (χ0v) is 17.9. The van der Waals surface area contributed by atoms with Crippen LogP contribution in [0, 0.1) is 10.1 Å². The van der Waals surface area contributed by atoms with Crippen LogP contribution in [0.5, 0.6) is 0 Å². The van der Waals surface area contributed by atoms with Gasteiger partial charge >= 0.3 is 0 Å². The maximum Gasteiger partial charge on any atom is 0.270 e. The van der Waals surface area contributed by atoms with Crippen molar-refractivity contribution in [3.8, 4) is 0 Å². The molecule has 1 amide bonds. The summed E-state index contributed by atoms with van der Waals surface area (Å²) in [5.74, 6) is -0.744. The fourth-order valence-corrected chi connectivity index (χ4v) is 4.21. The molecule has 32 heavy (non-hydrogen) atoms. The lowest BCUT2D eigenvalue weighted by Gasteiger charge is -2.23. The Hall–Kier alpha value is -3.83. The fraction of sp³-hybridized carbons (Fsp3) is 0.0500. The van der Waals surface area contributed by atoms with Crippen LogP contribution in [0.25, 0.3) is 0 Å². The van der Waals surface area contributed by atoms with Gasteiger partial charge in [0, 0.05) is 28.9 Å². The molecule has 3 rings (SSSR count). The number of hydrazone groups is 1. The number of nitro groups is 1. The number of nitro benzene ring substituents is 1. The van der Waals surface area contributed by atoms with Gasteiger partial charge in [0.2, 0.25) is 0 Å². The van der Waals surface area contributed by atoms with Crippen LogP contribution in [0.3, 0.4) is 0 Å². The third kappa shape index (κ3) is 5.45. The lowest BCUT2D eigenvalue weighted by molar-refractivity contribution is -0.384. The lowest BCUT2D eigenvalue weighted by atomic mass is 10.2. The molecule has 0 fully saturated rings. The van der Waals surface area contributed by atoms with Crippen molar-refractivity contribution in [3.05, 3.63) is 93.8 Å². The number of carbonyl (C=O) groups excluding carboxylic acids is 1. The van der Waals surface area contributed by atoms with Gasteiger partial charge in [-0.3, -0.25) is 24.2 Å². The van der Waals surface area contributed by atoms with Crippen LogP contribution in [0.1, 0.15) is 5.56 Å². The Balaban J connectivity index is 1.80. The first kappa shape index (κ1) is 22.8. The number of hydrogen-bond donors (Lipinski definition) is 1. The molecule has 0 radical (unpaired) electrons. The van der Waals surface area contributed by atoms with Crippen LogP contribution < -0.4 is 9.73 Å². The summed E-state index contributed by atoms with van der Waals surface area (Å²) in [5, 5.41) is 14.8. The molecule has 0 aliphatic rings. The van der Waals surface area contributed by atoms with E-state index >= 15 is 0 Å². The highest BCUT2D eigenvalue weighted by molar-refractivity contribution is 7.92. The highest BCUT2D eigenvalue weighted by atomic mass is 35.5. The van der Waals surface area contributed by atoms with Crippen LogP contribution in [-0.2, 0) is 14.8 Å². The van der Waals surface area contributed by atoms with E-state index in [1.807, 2.05) is 0 Å². The van der Waals surface area contributed by atoms with E-state index in [0.29, 0.717) is 0 Å². The Morgan fingerprint density at radius 1 is 1.19 bits per heavy atom. The number of carbonyl (C=O) groups is 1. The SMILES string of the molecule is O=C(CN(c1cccnc1)S(=O)(=O)c1ccccc1)N/N=C\c1cc([N+](=O)[O-])ccc1Cl. The molecule has 164 valence electrons. The number of nitrogens with zero attached hydrogens (tertiary/aromatic N) is 4. The van der Waals surface area contributed by atoms with Gasteiger partial charge in [-0.15, -0.1) is 0 Å². The number of amides is 1. The number of aromatic nitrogens is 1. The van der Waals surface area contributed by atoms with E-state index in [9.17, 15) is 23.3 Å². The van der Waals surface area contributed by atoms with Crippen molar-refractivity contribution in [2.75, 3.05) is 10.8 Å². The van der Waals surface area contributed by atoms with Gasteiger partial charge in [0.25, 0.3) is 21.6 Å². The Labute approximate surface area is 188 Å². The number of sulfonamides is 1. The third-order valence-electron chi connectivity index (χ3n) is 4.14. The number of halogens is 1. The molecule has 2 aromatic carbocycles. The minimum Gasteiger partial charge on any atom is -0.271 e. The van der Waals surface area contributed by atoms with E-state index in [2.05, 4.69) is 15.5 Å². The van der Waals surface area contributed by atoms with Crippen molar-refractivity contribution < 1.29 is 18.1 Å². The summed E-state index contributed by atoms with van der Waals surface area (Å²) >= 11 is 5.99. The van der Waals surface area contributed by atoms with Gasteiger partial charge < -0.3 is 0 Å². The quantitative estimate of drug-likeness (QED) is 0.303. The van der Waals surface area contributed by atoms with E-state index < -0.39 is 27.4 Å². The zero-order chi connectivity index (χ0) is 23.1. The second-order valence-corrected chi connectivity index (χ2v) is 8.56. The predicted molar refractivity (Wildman–Crippen MR) is 119 cm³/mol. The topological polar surface area (TPSA) is 135 Å². The normalized spacial score (nSPS) is 11.3. The highest BCUT2D eigenvalue weighted by Crippen LogP contribution is 2.23. The standard InChI is InChI=1S/C20H16ClN5O5S/c21-19-9-8-16(26(28)29)11-15(19)12-23-24-20(27)14-25(17-5-4-10-22-13-17)32(30,31)18-6-2-1-3-7-18/h1-13H,14H2,(H,24,27)/b23-12-. The molecule has 0 aliphatic carbocycles. The maximum atomic E-state index is 13.1. The van der Waals surface area contributed by atoms with Crippen LogP contribution in [-0.4, -0.2) is 37.0 Å². The molecular weight excluding hydrogens is 458 g/mol. The number of rotatable bonds is 8. The second-order valence-electron chi connectivity index (χ2n) is 6.29. The molecular formula is C20H16ClN5O5S. The van der Waals surface area contributed by atoms with Gasteiger partial charge in [0.15, 0.2) is 0 Å². The Kier molecular flexibility index (Phi) is 7.13. The lowest BCUT2D eigenvalue weighted by Crippen LogP contribution is -2.39. The minimum absolute atomic E-state index is 0.00327. The molecule has 1 heterocycles. The number of benzene rings is 2. The molecule has 1 N–H and O–H groups in total. The monoisotopic (exact) mass is 473 g/mol. The van der Waals surface area contributed by atoms with Crippen molar-refractivity contribution >= 4 is 45.1 Å². The zero-order valence-electron chi connectivity index (χ0n) is 16.3. The average Bonchev–Trinajstić information content (AvgIpc) is 2.79. The maximum absolute atomic E-state index is 13.1. The molecule has 12 heteroatoms. The number of non-ortho nitro benzene ring substituents is 1. The Bertz CT molecular complexity index is 1250. The van der Waals surface area contributed by atoms with Crippen molar-refractivity contribution in [2.45, 2.75) is 4.90 Å². The van der Waals surface area contributed by atoms with Crippen LogP contribution in [0.2, 0.25) is 5.02 Å². The van der Waals surface area contributed by atoms with E-state index in [1.165, 1.54) is 48.8 Å². The number of pyridine rings is 1. The molecule has 0 atom stereocenters. The summed E-state index contributed by atoms with van der Waals surface area (Å²) in [6.45, 7) is -0.580. The molecule has 10 nitrogen and oxygen atoms in total. The minimum atomic E-state index is -4.06. The largest absolute Gasteiger partial charge is 0.271 e. The third-order valence-corrected chi connectivity index (χ3v) is 6.27. The summed E-state index contributed by atoms with van der Waals surface area (Å²) < 4.78 is 27.1. The summed E-state index contributed by atoms with van der Waals surface area (Å²) in [6, 6.07) is 14.5. The van der Waals surface area contributed by atoms with Gasteiger partial charge in [-0.1, -0.05) is 29.8 Å². The predicted octanol–water partition coefficient (Wildman–Crippen LogP) is 2.99. The average molecular weight is 474 g/mol. The molecule has 0 aliphatic heterocycles. The summed E-state index contributed by atoms with van der Waals surface area (Å²) in [7, 11) is -4.06. The molecule has 0 saturated heterocycles. The highest BCUT2D eigenvalue weighted by Gasteiger charge is 2.27. The molecule has 1 aromatic heterocycles. The van der Waals surface area contributed by atoms with Crippen molar-refractivity contribution in [2.24, 2.45) is 5.10 Å². The Morgan fingerprint density at radius 3 is 2.59 bits per heavy atom. The number of hydrogen-bond acceptors (Lipinski definition) is 7. The van der Waals surface area contributed by atoms with E-state index in [-0.39, 0.29) is 26.9 Å². The summed E-state index contributed by atoms with van der Waals surface area (Å²) in [5.41, 5.74) is 2.41. The van der Waals surface area contributed by atoms with E-state index in [1.54, 1.807) is 24.3 Å². The first-order chi connectivity index (χ1) is 15.3. The molecule has 0 saturated carbocycles. The van der Waals surface area contributed by atoms with Crippen molar-refractivity contribution in [1.82, 2.24) is 10.4 Å². The number of nitrogens with one attached hydrogen (secondary N) is 1. The van der Waals surface area contributed by atoms with Gasteiger partial charge in [-0.05, 0) is 30.3 Å². The van der Waals surface area contributed by atoms with E-state index in [4.69, 9.17) is 11.6 Å². The first-order valence-electron chi connectivity index (χ1n) is 9.02. The van der Waals surface area contributed by atoms with Crippen molar-refractivity contribution in [1.29, 1.82) is 0 Å². The van der Waals surface area contributed by atoms with Gasteiger partial charge in [-0.2, -0.15) is 5.10 Å². The summed E-state index contributed by atoms with van der Waals surface area (Å²) in [4.78, 5) is 26.7. The smallest absolute Gasteiger partial charge is 0.270 e. The molecule has 3 aromatic rings. The molecule has 0 unspecified atom stereocenters. The van der Waals surface area contributed by atoms with Crippen LogP contribution in [0.15, 0.2) is 83.1 Å². The number of anilines is 1. The van der Waals surface area contributed by atoms with Crippen molar-refractivity contribution in [3.63, 3.8) is 0 Å². The summed E-state index contributed by atoms with van der Waals surface area (Å²) in [6.07, 6.45) is 3.93. The Morgan fingerprint density at radius 2 is 1.94 bits per heavy atom.